The number of aliphatic hydroxyl groups is 1. The van der Waals surface area contributed by atoms with Crippen molar-refractivity contribution in [3.8, 4) is 0 Å². The number of hydrogen-bond acceptors (Lipinski definition) is 3. The van der Waals surface area contributed by atoms with Crippen LogP contribution in [0.5, 0.6) is 0 Å². The zero-order chi connectivity index (χ0) is 13.1. The van der Waals surface area contributed by atoms with Crippen molar-refractivity contribution in [1.82, 2.24) is 4.98 Å². The molecule has 0 amide bonds. The van der Waals surface area contributed by atoms with Gasteiger partial charge in [0.25, 0.3) is 0 Å². The minimum atomic E-state index is -0.535. The normalized spacial score (nSPS) is 12.4. The van der Waals surface area contributed by atoms with Gasteiger partial charge in [0.15, 0.2) is 0 Å². The Labute approximate surface area is 124 Å². The van der Waals surface area contributed by atoms with Crippen molar-refractivity contribution in [3.05, 3.63) is 51.6 Å². The van der Waals surface area contributed by atoms with Gasteiger partial charge in [-0.05, 0) is 42.8 Å². The van der Waals surface area contributed by atoms with Crippen LogP contribution >= 0.6 is 39.3 Å². The summed E-state index contributed by atoms with van der Waals surface area (Å²) < 4.78 is 0.940. The third-order valence-electron chi connectivity index (χ3n) is 2.35. The number of benzene rings is 1. The molecule has 1 aromatic carbocycles. The third kappa shape index (κ3) is 3.26. The van der Waals surface area contributed by atoms with Gasteiger partial charge in [-0.1, -0.05) is 39.3 Å². The molecule has 0 bridgehead atoms. The fraction of sp³-hybridized carbons (Fsp3) is 0.154. The van der Waals surface area contributed by atoms with Crippen molar-refractivity contribution < 1.29 is 5.11 Å². The number of pyridine rings is 1. The molecular formula is C13H11BrClNOS. The van der Waals surface area contributed by atoms with E-state index in [0.29, 0.717) is 5.02 Å². The summed E-state index contributed by atoms with van der Waals surface area (Å²) >= 11 is 10.9. The molecule has 0 saturated heterocycles. The monoisotopic (exact) mass is 343 g/mol. The van der Waals surface area contributed by atoms with Crippen molar-refractivity contribution in [2.75, 3.05) is 0 Å². The van der Waals surface area contributed by atoms with E-state index >= 15 is 0 Å². The van der Waals surface area contributed by atoms with Crippen LogP contribution in [0.4, 0.5) is 0 Å². The Morgan fingerprint density at radius 2 is 2.17 bits per heavy atom. The van der Waals surface area contributed by atoms with Crippen LogP contribution < -0.4 is 0 Å². The Hall–Kier alpha value is -0.550. The van der Waals surface area contributed by atoms with Crippen molar-refractivity contribution in [3.63, 3.8) is 0 Å². The quantitative estimate of drug-likeness (QED) is 0.876. The van der Waals surface area contributed by atoms with Crippen molar-refractivity contribution in [2.45, 2.75) is 22.9 Å². The highest BCUT2D eigenvalue weighted by Gasteiger charge is 2.12. The highest BCUT2D eigenvalue weighted by atomic mass is 79.9. The average Bonchev–Trinajstić information content (AvgIpc) is 2.34. The van der Waals surface area contributed by atoms with Crippen LogP contribution in [0.15, 0.2) is 50.9 Å². The number of aromatic nitrogens is 1. The van der Waals surface area contributed by atoms with Crippen LogP contribution in [0.25, 0.3) is 0 Å². The maximum absolute atomic E-state index is 9.79. The molecule has 0 aliphatic heterocycles. The maximum Gasteiger partial charge on any atom is 0.119 e. The Morgan fingerprint density at radius 3 is 2.83 bits per heavy atom. The fourth-order valence-electron chi connectivity index (χ4n) is 1.49. The summed E-state index contributed by atoms with van der Waals surface area (Å²) in [7, 11) is 0. The number of aliphatic hydroxyl groups excluding tert-OH is 1. The molecule has 0 spiro atoms. The molecule has 94 valence electrons. The SMILES string of the molecule is CC(O)c1cc(Br)ccc1Sc1ncccc1Cl. The first-order chi connectivity index (χ1) is 8.58. The molecule has 1 atom stereocenters. The molecule has 2 aromatic rings. The molecule has 0 fully saturated rings. The Bertz CT molecular complexity index is 562. The van der Waals surface area contributed by atoms with Gasteiger partial charge in [-0.3, -0.25) is 0 Å². The summed E-state index contributed by atoms with van der Waals surface area (Å²) in [5.74, 6) is 0. The molecule has 2 nitrogen and oxygen atoms in total. The summed E-state index contributed by atoms with van der Waals surface area (Å²) in [6.45, 7) is 1.74. The van der Waals surface area contributed by atoms with Gasteiger partial charge < -0.3 is 5.11 Å². The minimum absolute atomic E-state index is 0.535. The number of halogens is 2. The zero-order valence-corrected chi connectivity index (χ0v) is 12.8. The number of nitrogens with zero attached hydrogens (tertiary/aromatic N) is 1. The first-order valence-electron chi connectivity index (χ1n) is 5.34. The van der Waals surface area contributed by atoms with Crippen LogP contribution in [0.2, 0.25) is 5.02 Å². The zero-order valence-electron chi connectivity index (χ0n) is 9.60. The molecule has 0 saturated carbocycles. The molecule has 1 aromatic heterocycles. The molecular weight excluding hydrogens is 334 g/mol. The standard InChI is InChI=1S/C13H11BrClNOS/c1-8(17)10-7-9(14)4-5-12(10)18-13-11(15)3-2-6-16-13/h2-8,17H,1H3. The number of hydrogen-bond donors (Lipinski definition) is 1. The average molecular weight is 345 g/mol. The molecule has 0 aliphatic rings. The summed E-state index contributed by atoms with van der Waals surface area (Å²) in [6, 6.07) is 9.39. The molecule has 1 unspecified atom stereocenters. The van der Waals surface area contributed by atoms with Crippen molar-refractivity contribution in [2.24, 2.45) is 0 Å². The van der Waals surface area contributed by atoms with Gasteiger partial charge in [-0.2, -0.15) is 0 Å². The van der Waals surface area contributed by atoms with Crippen LogP contribution in [-0.2, 0) is 0 Å². The Kier molecular flexibility index (Phi) is 4.67. The second kappa shape index (κ2) is 6.06. The first kappa shape index (κ1) is 13.9. The second-order valence-electron chi connectivity index (χ2n) is 3.75. The van der Waals surface area contributed by atoms with E-state index in [1.54, 1.807) is 25.3 Å². The molecule has 0 radical (unpaired) electrons. The van der Waals surface area contributed by atoms with Gasteiger partial charge in [-0.15, -0.1) is 0 Å². The van der Waals surface area contributed by atoms with Gasteiger partial charge in [-0.25, -0.2) is 4.98 Å². The van der Waals surface area contributed by atoms with Crippen LogP contribution in [0, 0.1) is 0 Å². The molecule has 1 heterocycles. The topological polar surface area (TPSA) is 33.1 Å². The molecule has 1 N–H and O–H groups in total. The Morgan fingerprint density at radius 1 is 1.39 bits per heavy atom. The number of rotatable bonds is 3. The molecule has 0 aliphatic carbocycles. The van der Waals surface area contributed by atoms with E-state index in [4.69, 9.17) is 11.6 Å². The van der Waals surface area contributed by atoms with Gasteiger partial charge in [0.2, 0.25) is 0 Å². The predicted molar refractivity (Wildman–Crippen MR) is 78.1 cm³/mol. The van der Waals surface area contributed by atoms with Gasteiger partial charge in [0, 0.05) is 15.6 Å². The highest BCUT2D eigenvalue weighted by molar-refractivity contribution is 9.10. The Balaban J connectivity index is 2.37. The maximum atomic E-state index is 9.79. The molecule has 18 heavy (non-hydrogen) atoms. The van der Waals surface area contributed by atoms with E-state index < -0.39 is 6.10 Å². The van der Waals surface area contributed by atoms with Gasteiger partial charge >= 0.3 is 0 Å². The van der Waals surface area contributed by atoms with Gasteiger partial charge in [0.1, 0.15) is 5.03 Å². The minimum Gasteiger partial charge on any atom is -0.389 e. The molecule has 2 rings (SSSR count). The summed E-state index contributed by atoms with van der Waals surface area (Å²) in [6.07, 6.45) is 1.17. The van der Waals surface area contributed by atoms with Gasteiger partial charge in [0.05, 0.1) is 11.1 Å². The first-order valence-corrected chi connectivity index (χ1v) is 7.32. The lowest BCUT2D eigenvalue weighted by atomic mass is 10.1. The van der Waals surface area contributed by atoms with E-state index in [-0.39, 0.29) is 0 Å². The van der Waals surface area contributed by atoms with Crippen molar-refractivity contribution >= 4 is 39.3 Å². The van der Waals surface area contributed by atoms with Crippen molar-refractivity contribution in [1.29, 1.82) is 0 Å². The van der Waals surface area contributed by atoms with E-state index in [1.807, 2.05) is 18.2 Å². The lowest BCUT2D eigenvalue weighted by Gasteiger charge is -2.12. The van der Waals surface area contributed by atoms with E-state index in [9.17, 15) is 5.11 Å². The lowest BCUT2D eigenvalue weighted by Crippen LogP contribution is -1.94. The second-order valence-corrected chi connectivity index (χ2v) is 6.10. The molecule has 5 heteroatoms. The van der Waals surface area contributed by atoms with Crippen LogP contribution in [-0.4, -0.2) is 10.1 Å². The van der Waals surface area contributed by atoms with Crippen LogP contribution in [0.1, 0.15) is 18.6 Å². The van der Waals surface area contributed by atoms with E-state index in [1.165, 1.54) is 11.8 Å². The summed E-state index contributed by atoms with van der Waals surface area (Å²) in [4.78, 5) is 5.19. The summed E-state index contributed by atoms with van der Waals surface area (Å²) in [5.41, 5.74) is 0.857. The largest absolute Gasteiger partial charge is 0.389 e. The van der Waals surface area contributed by atoms with E-state index in [2.05, 4.69) is 20.9 Å². The fourth-order valence-corrected chi connectivity index (χ4v) is 3.08. The smallest absolute Gasteiger partial charge is 0.119 e. The third-order valence-corrected chi connectivity index (χ3v) is 4.37. The summed E-state index contributed by atoms with van der Waals surface area (Å²) in [5, 5.41) is 11.1. The van der Waals surface area contributed by atoms with E-state index in [0.717, 1.165) is 20.0 Å². The predicted octanol–water partition coefficient (Wildman–Crippen LogP) is 4.70. The van der Waals surface area contributed by atoms with Crippen LogP contribution in [0.3, 0.4) is 0 Å². The highest BCUT2D eigenvalue weighted by Crippen LogP contribution is 2.36. The lowest BCUT2D eigenvalue weighted by molar-refractivity contribution is 0.196.